The van der Waals surface area contributed by atoms with Crippen LogP contribution >= 0.6 is 11.6 Å². The first kappa shape index (κ1) is 20.9. The molecule has 2 amide bonds. The predicted molar refractivity (Wildman–Crippen MR) is 110 cm³/mol. The molecule has 0 spiro atoms. The molecule has 1 N–H and O–H groups in total. The van der Waals surface area contributed by atoms with E-state index in [4.69, 9.17) is 16.3 Å². The van der Waals surface area contributed by atoms with Crippen molar-refractivity contribution in [2.75, 3.05) is 18.5 Å². The van der Waals surface area contributed by atoms with Crippen LogP contribution in [-0.4, -0.2) is 35.8 Å². The minimum atomic E-state index is -0.561. The van der Waals surface area contributed by atoms with Crippen LogP contribution in [0.4, 0.5) is 5.69 Å². The van der Waals surface area contributed by atoms with Gasteiger partial charge in [-0.1, -0.05) is 47.5 Å². The van der Waals surface area contributed by atoms with Crippen LogP contribution in [-0.2, 0) is 25.7 Å². The van der Waals surface area contributed by atoms with E-state index >= 15 is 0 Å². The number of anilines is 1. The SMILES string of the molecule is Cc1ccc(CN2C[C@@H](C(=O)OCC(=O)Nc3ccc(C)c(Cl)c3)CC2=O)cc1. The van der Waals surface area contributed by atoms with Gasteiger partial charge in [0.15, 0.2) is 6.61 Å². The van der Waals surface area contributed by atoms with Gasteiger partial charge in [0.2, 0.25) is 5.91 Å². The van der Waals surface area contributed by atoms with Crippen LogP contribution in [0.2, 0.25) is 5.02 Å². The molecular formula is C22H23ClN2O4. The molecule has 0 unspecified atom stereocenters. The Morgan fingerprint density at radius 3 is 2.59 bits per heavy atom. The Hall–Kier alpha value is -2.86. The predicted octanol–water partition coefficient (Wildman–Crippen LogP) is 3.49. The molecule has 0 aromatic heterocycles. The average Bonchev–Trinajstić information content (AvgIpc) is 3.05. The van der Waals surface area contributed by atoms with Crippen LogP contribution in [0.1, 0.15) is 23.1 Å². The van der Waals surface area contributed by atoms with Crippen LogP contribution in [0, 0.1) is 19.8 Å². The topological polar surface area (TPSA) is 75.7 Å². The van der Waals surface area contributed by atoms with Gasteiger partial charge in [0, 0.05) is 30.2 Å². The molecule has 29 heavy (non-hydrogen) atoms. The highest BCUT2D eigenvalue weighted by Crippen LogP contribution is 2.22. The van der Waals surface area contributed by atoms with Crippen molar-refractivity contribution in [3.63, 3.8) is 0 Å². The van der Waals surface area contributed by atoms with Gasteiger partial charge < -0.3 is 15.0 Å². The number of carbonyl (C=O) groups excluding carboxylic acids is 3. The molecule has 0 aliphatic carbocycles. The van der Waals surface area contributed by atoms with Gasteiger partial charge in [-0.15, -0.1) is 0 Å². The molecule has 0 radical (unpaired) electrons. The second kappa shape index (κ2) is 9.09. The Morgan fingerprint density at radius 1 is 1.17 bits per heavy atom. The van der Waals surface area contributed by atoms with Crippen molar-refractivity contribution in [2.24, 2.45) is 5.92 Å². The number of rotatable bonds is 6. The molecule has 1 atom stereocenters. The largest absolute Gasteiger partial charge is 0.455 e. The van der Waals surface area contributed by atoms with Crippen molar-refractivity contribution in [1.82, 2.24) is 4.90 Å². The van der Waals surface area contributed by atoms with Crippen molar-refractivity contribution < 1.29 is 19.1 Å². The minimum absolute atomic E-state index is 0.0914. The molecule has 1 aliphatic rings. The summed E-state index contributed by atoms with van der Waals surface area (Å²) in [5.41, 5.74) is 3.59. The summed E-state index contributed by atoms with van der Waals surface area (Å²) in [6, 6.07) is 13.1. The van der Waals surface area contributed by atoms with Crippen molar-refractivity contribution in [3.05, 3.63) is 64.2 Å². The molecule has 2 aromatic rings. The number of hydrogen-bond acceptors (Lipinski definition) is 4. The van der Waals surface area contributed by atoms with Gasteiger partial charge in [-0.25, -0.2) is 0 Å². The van der Waals surface area contributed by atoms with Crippen molar-refractivity contribution in [2.45, 2.75) is 26.8 Å². The molecule has 1 aliphatic heterocycles. The summed E-state index contributed by atoms with van der Waals surface area (Å²) in [6.45, 7) is 4.20. The average molecular weight is 415 g/mol. The van der Waals surface area contributed by atoms with Crippen LogP contribution in [0.15, 0.2) is 42.5 Å². The highest BCUT2D eigenvalue weighted by atomic mass is 35.5. The number of nitrogens with one attached hydrogen (secondary N) is 1. The summed E-state index contributed by atoms with van der Waals surface area (Å²) in [4.78, 5) is 38.2. The molecule has 0 bridgehead atoms. The Labute approximate surface area is 174 Å². The zero-order valence-corrected chi connectivity index (χ0v) is 17.2. The minimum Gasteiger partial charge on any atom is -0.455 e. The molecule has 1 heterocycles. The summed E-state index contributed by atoms with van der Waals surface area (Å²) in [5.74, 6) is -1.65. The molecule has 3 rings (SSSR count). The molecule has 152 valence electrons. The van der Waals surface area contributed by atoms with Crippen molar-refractivity contribution in [3.8, 4) is 0 Å². The number of carbonyl (C=O) groups is 3. The van der Waals surface area contributed by atoms with Crippen LogP contribution in [0.5, 0.6) is 0 Å². The van der Waals surface area contributed by atoms with Gasteiger partial charge in [-0.05, 0) is 37.1 Å². The highest BCUT2D eigenvalue weighted by Gasteiger charge is 2.35. The Kier molecular flexibility index (Phi) is 6.54. The fourth-order valence-electron chi connectivity index (χ4n) is 3.12. The van der Waals surface area contributed by atoms with E-state index in [2.05, 4.69) is 5.32 Å². The number of ether oxygens (including phenoxy) is 1. The maximum absolute atomic E-state index is 12.3. The third kappa shape index (κ3) is 5.57. The third-order valence-corrected chi connectivity index (χ3v) is 5.25. The van der Waals surface area contributed by atoms with E-state index < -0.39 is 24.4 Å². The Morgan fingerprint density at radius 2 is 1.90 bits per heavy atom. The third-order valence-electron chi connectivity index (χ3n) is 4.84. The van der Waals surface area contributed by atoms with E-state index in [-0.39, 0.29) is 12.3 Å². The lowest BCUT2D eigenvalue weighted by Gasteiger charge is -2.16. The van der Waals surface area contributed by atoms with Gasteiger partial charge in [-0.3, -0.25) is 14.4 Å². The first-order chi connectivity index (χ1) is 13.8. The zero-order valence-electron chi connectivity index (χ0n) is 16.4. The number of hydrogen-bond donors (Lipinski definition) is 1. The number of halogens is 1. The molecule has 1 saturated heterocycles. The van der Waals surface area contributed by atoms with Crippen molar-refractivity contribution in [1.29, 1.82) is 0 Å². The van der Waals surface area contributed by atoms with Gasteiger partial charge in [0.25, 0.3) is 5.91 Å². The zero-order chi connectivity index (χ0) is 21.0. The Balaban J connectivity index is 1.47. The molecule has 6 nitrogen and oxygen atoms in total. The second-order valence-corrected chi connectivity index (χ2v) is 7.69. The normalized spacial score (nSPS) is 16.0. The van der Waals surface area contributed by atoms with Crippen molar-refractivity contribution >= 4 is 35.1 Å². The van der Waals surface area contributed by atoms with Gasteiger partial charge >= 0.3 is 5.97 Å². The van der Waals surface area contributed by atoms with E-state index in [1.165, 1.54) is 0 Å². The molecular weight excluding hydrogens is 392 g/mol. The maximum atomic E-state index is 12.3. The van der Waals surface area contributed by atoms with Crippen LogP contribution < -0.4 is 5.32 Å². The first-order valence-corrected chi connectivity index (χ1v) is 9.75. The highest BCUT2D eigenvalue weighted by molar-refractivity contribution is 6.31. The smallest absolute Gasteiger partial charge is 0.311 e. The van der Waals surface area contributed by atoms with Gasteiger partial charge in [-0.2, -0.15) is 0 Å². The quantitative estimate of drug-likeness (QED) is 0.734. The van der Waals surface area contributed by atoms with E-state index in [9.17, 15) is 14.4 Å². The fourth-order valence-corrected chi connectivity index (χ4v) is 3.30. The monoisotopic (exact) mass is 414 g/mol. The molecule has 2 aromatic carbocycles. The first-order valence-electron chi connectivity index (χ1n) is 9.38. The summed E-state index contributed by atoms with van der Waals surface area (Å²) in [7, 11) is 0. The van der Waals surface area contributed by atoms with Gasteiger partial charge in [0.1, 0.15) is 0 Å². The number of likely N-dealkylation sites (tertiary alicyclic amines) is 1. The number of esters is 1. The second-order valence-electron chi connectivity index (χ2n) is 7.28. The lowest BCUT2D eigenvalue weighted by Crippen LogP contribution is -2.28. The number of amides is 2. The summed E-state index contributed by atoms with van der Waals surface area (Å²) >= 11 is 6.03. The number of aryl methyl sites for hydroxylation is 2. The summed E-state index contributed by atoms with van der Waals surface area (Å²) < 4.78 is 5.11. The maximum Gasteiger partial charge on any atom is 0.311 e. The standard InChI is InChI=1S/C22H23ClN2O4/c1-14-3-6-16(7-4-14)11-25-12-17(9-21(25)27)22(28)29-13-20(26)24-18-8-5-15(2)19(23)10-18/h3-8,10,17H,9,11-13H2,1-2H3,(H,24,26)/t17-/m0/s1. The molecule has 0 saturated carbocycles. The number of benzene rings is 2. The summed E-state index contributed by atoms with van der Waals surface area (Å²) in [6.07, 6.45) is 0.0971. The Bertz CT molecular complexity index is 927. The van der Waals surface area contributed by atoms with E-state index in [0.29, 0.717) is 23.8 Å². The lowest BCUT2D eigenvalue weighted by atomic mass is 10.1. The van der Waals surface area contributed by atoms with E-state index in [0.717, 1.165) is 16.7 Å². The van der Waals surface area contributed by atoms with E-state index in [1.54, 1.807) is 23.1 Å². The molecule has 7 heteroatoms. The van der Waals surface area contributed by atoms with Gasteiger partial charge in [0.05, 0.1) is 5.92 Å². The number of nitrogens with zero attached hydrogens (tertiary/aromatic N) is 1. The van der Waals surface area contributed by atoms with E-state index in [1.807, 2.05) is 38.1 Å². The lowest BCUT2D eigenvalue weighted by molar-refractivity contribution is -0.151. The summed E-state index contributed by atoms with van der Waals surface area (Å²) in [5, 5.41) is 3.17. The fraction of sp³-hybridized carbons (Fsp3) is 0.318. The van der Waals surface area contributed by atoms with Crippen LogP contribution in [0.3, 0.4) is 0 Å². The van der Waals surface area contributed by atoms with Crippen LogP contribution in [0.25, 0.3) is 0 Å². The molecule has 1 fully saturated rings.